The lowest BCUT2D eigenvalue weighted by atomic mass is 10.2. The van der Waals surface area contributed by atoms with E-state index < -0.39 is 6.80 Å². The highest BCUT2D eigenvalue weighted by Crippen LogP contribution is 2.60. The summed E-state index contributed by atoms with van der Waals surface area (Å²) in [6.07, 6.45) is 4.78. The normalized spacial score (nSPS) is 14.5. The van der Waals surface area contributed by atoms with Crippen LogP contribution in [0.2, 0.25) is 0 Å². The summed E-state index contributed by atoms with van der Waals surface area (Å²) in [7, 11) is 0. The van der Waals surface area contributed by atoms with Crippen LogP contribution in [-0.2, 0) is 9.09 Å². The van der Waals surface area contributed by atoms with Crippen LogP contribution in [0, 0.1) is 0 Å². The summed E-state index contributed by atoms with van der Waals surface area (Å²) < 4.78 is 23.6. The van der Waals surface area contributed by atoms with Gasteiger partial charge in [-0.3, -0.25) is 4.52 Å². The van der Waals surface area contributed by atoms with Crippen LogP contribution in [0.3, 0.4) is 0 Å². The van der Waals surface area contributed by atoms with Gasteiger partial charge in [-0.15, -0.1) is 0 Å². The van der Waals surface area contributed by atoms with Crippen LogP contribution in [0.4, 0.5) is 0 Å². The number of benzene rings is 1. The van der Waals surface area contributed by atoms with Crippen LogP contribution in [0.15, 0.2) is 30.3 Å². The molecule has 0 N–H and O–H groups in total. The van der Waals surface area contributed by atoms with Gasteiger partial charge in [0, 0.05) is 11.3 Å². The van der Waals surface area contributed by atoms with E-state index >= 15 is 0 Å². The zero-order valence-corrected chi connectivity index (χ0v) is 13.4. The van der Waals surface area contributed by atoms with E-state index in [4.69, 9.17) is 9.05 Å². The molecule has 0 spiro atoms. The van der Waals surface area contributed by atoms with Crippen LogP contribution < -0.4 is 4.52 Å². The number of hydrogen-bond acceptors (Lipinski definition) is 4. The molecule has 3 nitrogen and oxygen atoms in total. The Morgan fingerprint density at radius 3 is 2.68 bits per heavy atom. The molecule has 0 aliphatic carbocycles. The number of para-hydroxylation sites is 1. The lowest BCUT2D eigenvalue weighted by molar-refractivity contribution is 0.296. The largest absolute Gasteiger partial charge is 0.440 e. The fourth-order valence-corrected chi connectivity index (χ4v) is 4.92. The van der Waals surface area contributed by atoms with Crippen molar-refractivity contribution in [2.45, 2.75) is 27.2 Å². The Bertz CT molecular complexity index is 460. The summed E-state index contributed by atoms with van der Waals surface area (Å²) in [6.45, 7) is 3.04. The summed E-state index contributed by atoms with van der Waals surface area (Å²) in [5.41, 5.74) is 0.905. The molecule has 0 bridgehead atoms. The average molecular weight is 300 g/mol. The molecule has 0 saturated heterocycles. The highest BCUT2D eigenvalue weighted by Gasteiger charge is 2.27. The van der Waals surface area contributed by atoms with E-state index in [-0.39, 0.29) is 0 Å². The number of hydrogen-bond donors (Lipinski definition) is 0. The van der Waals surface area contributed by atoms with Gasteiger partial charge in [-0.25, -0.2) is 4.57 Å². The molecule has 0 saturated carbocycles. The minimum atomic E-state index is -3.13. The van der Waals surface area contributed by atoms with Crippen molar-refractivity contribution in [3.63, 3.8) is 0 Å². The smallest absolute Gasteiger partial charge is 0.416 e. The van der Waals surface area contributed by atoms with Crippen LogP contribution >= 0.6 is 18.2 Å². The van der Waals surface area contributed by atoms with Crippen molar-refractivity contribution in [1.82, 2.24) is 0 Å². The van der Waals surface area contributed by atoms with Crippen molar-refractivity contribution in [2.75, 3.05) is 12.4 Å². The minimum absolute atomic E-state index is 0.375. The molecular weight excluding hydrogens is 279 g/mol. The molecule has 0 heterocycles. The first-order chi connectivity index (χ1) is 9.15. The van der Waals surface area contributed by atoms with E-state index in [1.165, 1.54) is 11.4 Å². The van der Waals surface area contributed by atoms with E-state index in [9.17, 15) is 4.57 Å². The van der Waals surface area contributed by atoms with Crippen LogP contribution in [0.25, 0.3) is 6.08 Å². The van der Waals surface area contributed by atoms with E-state index in [1.54, 1.807) is 0 Å². The second-order valence-electron chi connectivity index (χ2n) is 3.83. The summed E-state index contributed by atoms with van der Waals surface area (Å²) in [6, 6.07) is 7.53. The van der Waals surface area contributed by atoms with Crippen molar-refractivity contribution in [1.29, 1.82) is 0 Å². The molecule has 1 atom stereocenters. The van der Waals surface area contributed by atoms with Crippen molar-refractivity contribution in [3.05, 3.63) is 35.9 Å². The first-order valence-electron chi connectivity index (χ1n) is 6.45. The van der Waals surface area contributed by atoms with Gasteiger partial charge in [0.1, 0.15) is 5.75 Å². The first-order valence-corrected chi connectivity index (χ1v) is 9.59. The molecule has 0 fully saturated rings. The van der Waals surface area contributed by atoms with Gasteiger partial charge in [0.05, 0.1) is 6.61 Å². The van der Waals surface area contributed by atoms with Crippen LogP contribution in [-0.4, -0.2) is 12.4 Å². The summed E-state index contributed by atoms with van der Waals surface area (Å²) in [4.78, 5) is 0. The van der Waals surface area contributed by atoms with Crippen molar-refractivity contribution in [2.24, 2.45) is 0 Å². The number of rotatable bonds is 8. The molecule has 0 aliphatic rings. The van der Waals surface area contributed by atoms with Crippen molar-refractivity contribution >= 4 is 24.3 Å². The maximum Gasteiger partial charge on any atom is 0.440 e. The Labute approximate surface area is 119 Å². The Morgan fingerprint density at radius 2 is 2.05 bits per heavy atom. The first kappa shape index (κ1) is 16.4. The average Bonchev–Trinajstić information content (AvgIpc) is 2.39. The molecule has 1 unspecified atom stereocenters. The fourth-order valence-electron chi connectivity index (χ4n) is 1.45. The molecule has 106 valence electrons. The molecule has 0 amide bonds. The Balaban J connectivity index is 2.93. The zero-order valence-electron chi connectivity index (χ0n) is 11.7. The van der Waals surface area contributed by atoms with Gasteiger partial charge in [-0.1, -0.05) is 37.3 Å². The van der Waals surface area contributed by atoms with E-state index in [1.807, 2.05) is 57.2 Å². The van der Waals surface area contributed by atoms with Gasteiger partial charge in [0.15, 0.2) is 0 Å². The van der Waals surface area contributed by atoms with Crippen molar-refractivity contribution < 1.29 is 13.6 Å². The second-order valence-corrected chi connectivity index (χ2v) is 7.95. The predicted molar refractivity (Wildman–Crippen MR) is 83.8 cm³/mol. The van der Waals surface area contributed by atoms with Gasteiger partial charge in [0.25, 0.3) is 0 Å². The van der Waals surface area contributed by atoms with Gasteiger partial charge >= 0.3 is 6.80 Å². The SMILES string of the molecule is CC=Cc1ccccc1OP(=O)(OCC)SCCC. The maximum absolute atomic E-state index is 12.6. The lowest BCUT2D eigenvalue weighted by Gasteiger charge is -2.18. The minimum Gasteiger partial charge on any atom is -0.416 e. The van der Waals surface area contributed by atoms with E-state index in [0.29, 0.717) is 12.4 Å². The van der Waals surface area contributed by atoms with Crippen LogP contribution in [0.1, 0.15) is 32.8 Å². The summed E-state index contributed by atoms with van der Waals surface area (Å²) in [5.74, 6) is 1.35. The van der Waals surface area contributed by atoms with Gasteiger partial charge in [-0.2, -0.15) is 0 Å². The van der Waals surface area contributed by atoms with Gasteiger partial charge in [0.2, 0.25) is 0 Å². The third kappa shape index (κ3) is 5.43. The van der Waals surface area contributed by atoms with Crippen LogP contribution in [0.5, 0.6) is 5.75 Å². The molecule has 0 aliphatic heterocycles. The third-order valence-corrected chi connectivity index (χ3v) is 6.15. The van der Waals surface area contributed by atoms with E-state index in [2.05, 4.69) is 0 Å². The third-order valence-electron chi connectivity index (χ3n) is 2.22. The molecule has 0 radical (unpaired) electrons. The molecule has 1 aromatic rings. The zero-order chi connectivity index (χ0) is 14.1. The highest BCUT2D eigenvalue weighted by atomic mass is 32.7. The Morgan fingerprint density at radius 1 is 1.32 bits per heavy atom. The monoisotopic (exact) mass is 300 g/mol. The van der Waals surface area contributed by atoms with Crippen molar-refractivity contribution in [3.8, 4) is 5.75 Å². The van der Waals surface area contributed by atoms with Gasteiger partial charge in [-0.05, 0) is 37.7 Å². The topological polar surface area (TPSA) is 35.5 Å². The molecular formula is C14H21O3PS. The maximum atomic E-state index is 12.6. The Hall–Kier alpha value is -0.700. The predicted octanol–water partition coefficient (Wildman–Crippen LogP) is 5.39. The molecule has 19 heavy (non-hydrogen) atoms. The Kier molecular flexibility index (Phi) is 7.29. The fraction of sp³-hybridized carbons (Fsp3) is 0.429. The summed E-state index contributed by atoms with van der Waals surface area (Å²) >= 11 is 1.26. The van der Waals surface area contributed by atoms with Gasteiger partial charge < -0.3 is 4.52 Å². The molecule has 1 rings (SSSR count). The second kappa shape index (κ2) is 8.47. The molecule has 1 aromatic carbocycles. The lowest BCUT2D eigenvalue weighted by Crippen LogP contribution is -1.97. The quantitative estimate of drug-likeness (QED) is 0.603. The summed E-state index contributed by atoms with van der Waals surface area (Å²) in [5, 5.41) is 0. The van der Waals surface area contributed by atoms with E-state index in [0.717, 1.165) is 17.7 Å². The number of allylic oxidation sites excluding steroid dienone is 1. The standard InChI is InChI=1S/C14H21O3PS/c1-4-9-13-10-7-8-11-14(13)17-18(15,16-6-3)19-12-5-2/h4,7-11H,5-6,12H2,1-3H3. The molecule has 5 heteroatoms. The molecule has 0 aromatic heterocycles. The highest BCUT2D eigenvalue weighted by molar-refractivity contribution is 8.55.